The van der Waals surface area contributed by atoms with Gasteiger partial charge in [-0.2, -0.15) is 0 Å². The summed E-state index contributed by atoms with van der Waals surface area (Å²) in [6.45, 7) is 3.43. The van der Waals surface area contributed by atoms with Gasteiger partial charge in [0.2, 0.25) is 0 Å². The van der Waals surface area contributed by atoms with Crippen LogP contribution in [0.1, 0.15) is 12.5 Å². The standard InChI is InChI=1S/C15H17BFNO2/c1-2-18(13-6-4-3-5-7-13)11-12-8-9-15(17)14(10-12)16(19)20/h3-10,19-20H,2,11H2,1H3. The molecule has 0 aliphatic heterocycles. The summed E-state index contributed by atoms with van der Waals surface area (Å²) in [5.41, 5.74) is 1.82. The van der Waals surface area contributed by atoms with E-state index in [9.17, 15) is 4.39 Å². The molecule has 0 bridgehead atoms. The molecule has 0 saturated heterocycles. The number of anilines is 1. The Morgan fingerprint density at radius 1 is 1.10 bits per heavy atom. The van der Waals surface area contributed by atoms with Crippen LogP contribution in [-0.4, -0.2) is 23.7 Å². The Morgan fingerprint density at radius 3 is 2.40 bits per heavy atom. The molecule has 0 amide bonds. The predicted octanol–water partition coefficient (Wildman–Crippen LogP) is 1.53. The number of halogens is 1. The number of rotatable bonds is 5. The number of hydrogen-bond donors (Lipinski definition) is 2. The van der Waals surface area contributed by atoms with E-state index in [2.05, 4.69) is 4.90 Å². The topological polar surface area (TPSA) is 43.7 Å². The highest BCUT2D eigenvalue weighted by atomic mass is 19.1. The summed E-state index contributed by atoms with van der Waals surface area (Å²) < 4.78 is 13.4. The van der Waals surface area contributed by atoms with E-state index in [-0.39, 0.29) is 5.46 Å². The van der Waals surface area contributed by atoms with Gasteiger partial charge < -0.3 is 14.9 Å². The third-order valence-corrected chi connectivity index (χ3v) is 3.22. The van der Waals surface area contributed by atoms with E-state index in [1.807, 2.05) is 37.3 Å². The Labute approximate surface area is 118 Å². The van der Waals surface area contributed by atoms with Crippen molar-refractivity contribution in [3.05, 3.63) is 59.9 Å². The summed E-state index contributed by atoms with van der Waals surface area (Å²) in [4.78, 5) is 2.13. The van der Waals surface area contributed by atoms with Crippen molar-refractivity contribution in [2.24, 2.45) is 0 Å². The average Bonchev–Trinajstić information content (AvgIpc) is 2.47. The molecule has 0 unspecified atom stereocenters. The molecule has 0 radical (unpaired) electrons. The minimum atomic E-state index is -1.79. The Bertz CT molecular complexity index is 563. The molecular weight excluding hydrogens is 256 g/mol. The quantitative estimate of drug-likeness (QED) is 0.812. The van der Waals surface area contributed by atoms with Crippen LogP contribution in [0.25, 0.3) is 0 Å². The van der Waals surface area contributed by atoms with Crippen LogP contribution < -0.4 is 10.4 Å². The molecule has 0 aliphatic carbocycles. The maximum absolute atomic E-state index is 13.4. The van der Waals surface area contributed by atoms with Gasteiger partial charge in [-0.3, -0.25) is 0 Å². The SMILES string of the molecule is CCN(Cc1ccc(F)c(B(O)O)c1)c1ccccc1. The van der Waals surface area contributed by atoms with Crippen molar-refractivity contribution < 1.29 is 14.4 Å². The average molecular weight is 273 g/mol. The van der Waals surface area contributed by atoms with Crippen molar-refractivity contribution in [1.82, 2.24) is 0 Å². The Balaban J connectivity index is 2.22. The van der Waals surface area contributed by atoms with Crippen molar-refractivity contribution in [2.75, 3.05) is 11.4 Å². The van der Waals surface area contributed by atoms with Crippen LogP contribution in [0.2, 0.25) is 0 Å². The molecule has 0 fully saturated rings. The first kappa shape index (κ1) is 14.6. The monoisotopic (exact) mass is 273 g/mol. The minimum Gasteiger partial charge on any atom is -0.423 e. The molecule has 0 aliphatic rings. The first-order valence-electron chi connectivity index (χ1n) is 6.56. The maximum Gasteiger partial charge on any atom is 0.491 e. The van der Waals surface area contributed by atoms with Gasteiger partial charge in [0, 0.05) is 24.2 Å². The van der Waals surface area contributed by atoms with Gasteiger partial charge in [-0.05, 0) is 30.7 Å². The minimum absolute atomic E-state index is 0.0911. The summed E-state index contributed by atoms with van der Waals surface area (Å²) in [5, 5.41) is 18.3. The molecule has 0 aromatic heterocycles. The zero-order valence-corrected chi connectivity index (χ0v) is 11.3. The fraction of sp³-hybridized carbons (Fsp3) is 0.200. The van der Waals surface area contributed by atoms with Crippen LogP contribution in [0.4, 0.5) is 10.1 Å². The Hall–Kier alpha value is -1.85. The lowest BCUT2D eigenvalue weighted by Crippen LogP contribution is -2.33. The molecule has 0 atom stereocenters. The highest BCUT2D eigenvalue weighted by Gasteiger charge is 2.17. The molecule has 20 heavy (non-hydrogen) atoms. The maximum atomic E-state index is 13.4. The van der Waals surface area contributed by atoms with Gasteiger partial charge in [0.1, 0.15) is 5.82 Å². The van der Waals surface area contributed by atoms with E-state index in [1.54, 1.807) is 6.07 Å². The summed E-state index contributed by atoms with van der Waals surface area (Å²) in [6.07, 6.45) is 0. The van der Waals surface area contributed by atoms with Crippen molar-refractivity contribution >= 4 is 18.3 Å². The van der Waals surface area contributed by atoms with E-state index in [0.717, 1.165) is 17.8 Å². The molecule has 0 saturated carbocycles. The van der Waals surface area contributed by atoms with E-state index >= 15 is 0 Å². The number of benzene rings is 2. The molecule has 2 aromatic rings. The zero-order valence-electron chi connectivity index (χ0n) is 11.3. The second kappa shape index (κ2) is 6.54. The smallest absolute Gasteiger partial charge is 0.423 e. The van der Waals surface area contributed by atoms with Gasteiger partial charge in [-0.25, -0.2) is 4.39 Å². The number of hydrogen-bond acceptors (Lipinski definition) is 3. The van der Waals surface area contributed by atoms with E-state index in [4.69, 9.17) is 10.0 Å². The van der Waals surface area contributed by atoms with Gasteiger partial charge in [-0.15, -0.1) is 0 Å². The van der Waals surface area contributed by atoms with Gasteiger partial charge in [0.15, 0.2) is 0 Å². The fourth-order valence-corrected chi connectivity index (χ4v) is 2.13. The lowest BCUT2D eigenvalue weighted by Gasteiger charge is -2.23. The van der Waals surface area contributed by atoms with Crippen molar-refractivity contribution in [2.45, 2.75) is 13.5 Å². The number of nitrogens with zero attached hydrogens (tertiary/aromatic N) is 1. The summed E-state index contributed by atoms with van der Waals surface area (Å²) in [5.74, 6) is -0.605. The van der Waals surface area contributed by atoms with E-state index in [1.165, 1.54) is 12.1 Å². The van der Waals surface area contributed by atoms with Crippen LogP contribution in [-0.2, 0) is 6.54 Å². The van der Waals surface area contributed by atoms with Gasteiger partial charge >= 0.3 is 7.12 Å². The second-order valence-electron chi connectivity index (χ2n) is 4.58. The molecule has 0 spiro atoms. The third kappa shape index (κ3) is 3.38. The zero-order chi connectivity index (χ0) is 14.5. The highest BCUT2D eigenvalue weighted by molar-refractivity contribution is 6.58. The lowest BCUT2D eigenvalue weighted by molar-refractivity contribution is 0.423. The van der Waals surface area contributed by atoms with Gasteiger partial charge in [0.25, 0.3) is 0 Å². The van der Waals surface area contributed by atoms with Gasteiger partial charge in [-0.1, -0.05) is 30.3 Å². The van der Waals surface area contributed by atoms with Crippen LogP contribution in [0.3, 0.4) is 0 Å². The van der Waals surface area contributed by atoms with E-state index < -0.39 is 12.9 Å². The molecule has 2 rings (SSSR count). The third-order valence-electron chi connectivity index (χ3n) is 3.22. The normalized spacial score (nSPS) is 10.4. The fourth-order valence-electron chi connectivity index (χ4n) is 2.13. The van der Waals surface area contributed by atoms with Crippen molar-refractivity contribution in [3.8, 4) is 0 Å². The van der Waals surface area contributed by atoms with Crippen molar-refractivity contribution in [1.29, 1.82) is 0 Å². The Kier molecular flexibility index (Phi) is 4.77. The Morgan fingerprint density at radius 2 is 1.80 bits per heavy atom. The summed E-state index contributed by atoms with van der Waals surface area (Å²) >= 11 is 0. The molecule has 5 heteroatoms. The lowest BCUT2D eigenvalue weighted by atomic mass is 9.79. The molecule has 3 nitrogen and oxygen atoms in total. The molecule has 2 N–H and O–H groups in total. The number of para-hydroxylation sites is 1. The largest absolute Gasteiger partial charge is 0.491 e. The van der Waals surface area contributed by atoms with E-state index in [0.29, 0.717) is 6.54 Å². The molecule has 104 valence electrons. The van der Waals surface area contributed by atoms with Crippen molar-refractivity contribution in [3.63, 3.8) is 0 Å². The molecule has 0 heterocycles. The van der Waals surface area contributed by atoms with Gasteiger partial charge in [0.05, 0.1) is 0 Å². The van der Waals surface area contributed by atoms with Crippen LogP contribution in [0.15, 0.2) is 48.5 Å². The predicted molar refractivity (Wildman–Crippen MR) is 79.4 cm³/mol. The first-order valence-corrected chi connectivity index (χ1v) is 6.56. The molecule has 2 aromatic carbocycles. The summed E-state index contributed by atoms with van der Waals surface area (Å²) in [6, 6.07) is 14.3. The first-order chi connectivity index (χ1) is 9.61. The molecular formula is C15H17BFNO2. The summed E-state index contributed by atoms with van der Waals surface area (Å²) in [7, 11) is -1.79. The second-order valence-corrected chi connectivity index (χ2v) is 4.58. The van der Waals surface area contributed by atoms with Crippen LogP contribution in [0.5, 0.6) is 0 Å². The van der Waals surface area contributed by atoms with Crippen LogP contribution >= 0.6 is 0 Å². The van der Waals surface area contributed by atoms with Crippen LogP contribution in [0, 0.1) is 5.82 Å². The highest BCUT2D eigenvalue weighted by Crippen LogP contribution is 2.16.